The summed E-state index contributed by atoms with van der Waals surface area (Å²) in [5.74, 6) is -0.472. The number of aryl methyl sites for hydroxylation is 2. The Balaban J connectivity index is 1.29. The van der Waals surface area contributed by atoms with Crippen molar-refractivity contribution in [2.75, 3.05) is 18.9 Å². The third kappa shape index (κ3) is 5.77. The Morgan fingerprint density at radius 3 is 2.69 bits per heavy atom. The normalized spacial score (nSPS) is 12.6. The minimum absolute atomic E-state index is 0.177. The van der Waals surface area contributed by atoms with E-state index in [9.17, 15) is 14.4 Å². The van der Waals surface area contributed by atoms with Crippen LogP contribution in [-0.2, 0) is 25.9 Å². The van der Waals surface area contributed by atoms with Gasteiger partial charge in [-0.3, -0.25) is 14.9 Å². The number of hydrogen-bond acceptors (Lipinski definition) is 6. The van der Waals surface area contributed by atoms with Gasteiger partial charge in [-0.15, -0.1) is 0 Å². The molecule has 2 aromatic carbocycles. The summed E-state index contributed by atoms with van der Waals surface area (Å²) in [7, 11) is 1.75. The highest BCUT2D eigenvalue weighted by Crippen LogP contribution is 2.26. The number of amides is 4. The number of urea groups is 1. The lowest BCUT2D eigenvalue weighted by molar-refractivity contribution is 0.0982. The van der Waals surface area contributed by atoms with Gasteiger partial charge in [-0.2, -0.15) is 0 Å². The van der Waals surface area contributed by atoms with E-state index >= 15 is 0 Å². The van der Waals surface area contributed by atoms with Crippen molar-refractivity contribution >= 4 is 34.8 Å². The molecule has 4 amide bonds. The van der Waals surface area contributed by atoms with Gasteiger partial charge in [-0.05, 0) is 55.9 Å². The molecular weight excluding hydrogens is 498 g/mol. The molecule has 0 bridgehead atoms. The predicted molar refractivity (Wildman–Crippen MR) is 145 cm³/mol. The molecule has 202 valence electrons. The zero-order valence-electron chi connectivity index (χ0n) is 21.8. The maximum atomic E-state index is 13.2. The number of nitrogens with zero attached hydrogens (tertiary/aromatic N) is 4. The number of nitrogens with two attached hydrogens (primary N) is 1. The fraction of sp³-hybridized carbons (Fsp3) is 0.321. The van der Waals surface area contributed by atoms with Crippen molar-refractivity contribution in [2.24, 2.45) is 5.73 Å². The molecule has 0 saturated carbocycles. The van der Waals surface area contributed by atoms with Gasteiger partial charge in [0.15, 0.2) is 0 Å². The number of anilines is 1. The number of imidazole rings is 1. The Morgan fingerprint density at radius 2 is 1.90 bits per heavy atom. The maximum absolute atomic E-state index is 13.2. The highest BCUT2D eigenvalue weighted by atomic mass is 16.5. The van der Waals surface area contributed by atoms with Gasteiger partial charge in [-0.1, -0.05) is 35.5 Å². The van der Waals surface area contributed by atoms with E-state index in [-0.39, 0.29) is 11.8 Å². The molecule has 0 spiro atoms. The van der Waals surface area contributed by atoms with Gasteiger partial charge in [0, 0.05) is 37.8 Å². The molecule has 0 saturated heterocycles. The van der Waals surface area contributed by atoms with Crippen LogP contribution in [-0.4, -0.2) is 51.0 Å². The lowest BCUT2D eigenvalue weighted by atomic mass is 9.96. The molecule has 11 nitrogen and oxygen atoms in total. The molecule has 0 radical (unpaired) electrons. The molecule has 11 heteroatoms. The summed E-state index contributed by atoms with van der Waals surface area (Å²) in [6, 6.07) is 14.6. The van der Waals surface area contributed by atoms with E-state index in [1.807, 2.05) is 34.9 Å². The Hall–Kier alpha value is -4.67. The van der Waals surface area contributed by atoms with Crippen LogP contribution in [0.4, 0.5) is 10.7 Å². The van der Waals surface area contributed by atoms with E-state index in [0.717, 1.165) is 48.0 Å². The smallest absolute Gasteiger partial charge is 0.317 e. The van der Waals surface area contributed by atoms with Crippen molar-refractivity contribution in [3.63, 3.8) is 0 Å². The summed E-state index contributed by atoms with van der Waals surface area (Å²) in [6.45, 7) is 1.38. The zero-order valence-corrected chi connectivity index (χ0v) is 21.8. The Labute approximate surface area is 225 Å². The van der Waals surface area contributed by atoms with Crippen LogP contribution >= 0.6 is 0 Å². The Morgan fingerprint density at radius 1 is 1.10 bits per heavy atom. The third-order valence-corrected chi connectivity index (χ3v) is 6.87. The second-order valence-corrected chi connectivity index (χ2v) is 9.68. The number of benzene rings is 2. The predicted octanol–water partition coefficient (Wildman–Crippen LogP) is 3.49. The van der Waals surface area contributed by atoms with Crippen LogP contribution in [0.3, 0.4) is 0 Å². The van der Waals surface area contributed by atoms with Crippen molar-refractivity contribution < 1.29 is 18.9 Å². The first kappa shape index (κ1) is 26.0. The van der Waals surface area contributed by atoms with E-state index in [4.69, 9.17) is 10.3 Å². The van der Waals surface area contributed by atoms with E-state index < -0.39 is 11.8 Å². The molecule has 1 aliphatic rings. The van der Waals surface area contributed by atoms with Crippen molar-refractivity contribution in [1.29, 1.82) is 0 Å². The van der Waals surface area contributed by atoms with Crippen LogP contribution in [0.2, 0.25) is 0 Å². The molecule has 0 fully saturated rings. The number of primary amides is 1. The maximum Gasteiger partial charge on any atom is 0.317 e. The van der Waals surface area contributed by atoms with Crippen LogP contribution in [0.15, 0.2) is 53.1 Å². The Bertz CT molecular complexity index is 1510. The summed E-state index contributed by atoms with van der Waals surface area (Å²) in [5, 5.41) is 9.87. The number of fused-ring (bicyclic) bond motifs is 2. The van der Waals surface area contributed by atoms with Gasteiger partial charge in [-0.25, -0.2) is 9.78 Å². The SMILES string of the molecule is CN(Cc1ccccc1)C(=O)NCCCn1c(NC(=O)c2onc3c2CCCC3)nc2cc(C(N)=O)ccc21. The summed E-state index contributed by atoms with van der Waals surface area (Å²) in [6.07, 6.45) is 4.13. The molecule has 4 N–H and O–H groups in total. The quantitative estimate of drug-likeness (QED) is 0.283. The van der Waals surface area contributed by atoms with E-state index in [1.54, 1.807) is 30.1 Å². The highest BCUT2D eigenvalue weighted by molar-refractivity contribution is 6.03. The van der Waals surface area contributed by atoms with Crippen molar-refractivity contribution in [3.8, 4) is 0 Å². The third-order valence-electron chi connectivity index (χ3n) is 6.87. The first-order valence-electron chi connectivity index (χ1n) is 13.0. The monoisotopic (exact) mass is 529 g/mol. The van der Waals surface area contributed by atoms with E-state index in [2.05, 4.69) is 20.8 Å². The van der Waals surface area contributed by atoms with Crippen molar-refractivity contribution in [2.45, 2.75) is 45.2 Å². The summed E-state index contributed by atoms with van der Waals surface area (Å²) in [5.41, 5.74) is 9.74. The lowest BCUT2D eigenvalue weighted by Crippen LogP contribution is -2.37. The zero-order chi connectivity index (χ0) is 27.4. The summed E-state index contributed by atoms with van der Waals surface area (Å²) in [4.78, 5) is 43.6. The molecule has 4 aromatic rings. The number of rotatable bonds is 9. The fourth-order valence-corrected chi connectivity index (χ4v) is 4.83. The molecule has 39 heavy (non-hydrogen) atoms. The van der Waals surface area contributed by atoms with E-state index in [1.165, 1.54) is 0 Å². The molecule has 0 atom stereocenters. The fourth-order valence-electron chi connectivity index (χ4n) is 4.83. The number of carbonyl (C=O) groups excluding carboxylic acids is 3. The minimum Gasteiger partial charge on any atom is -0.366 e. The molecule has 0 unspecified atom stereocenters. The number of hydrogen-bond donors (Lipinski definition) is 3. The van der Waals surface area contributed by atoms with Crippen LogP contribution in [0.5, 0.6) is 0 Å². The number of aromatic nitrogens is 3. The van der Waals surface area contributed by atoms with Gasteiger partial charge in [0.05, 0.1) is 16.7 Å². The minimum atomic E-state index is -0.562. The van der Waals surface area contributed by atoms with Gasteiger partial charge in [0.2, 0.25) is 17.6 Å². The van der Waals surface area contributed by atoms with Crippen LogP contribution < -0.4 is 16.4 Å². The van der Waals surface area contributed by atoms with Gasteiger partial charge >= 0.3 is 6.03 Å². The van der Waals surface area contributed by atoms with Gasteiger partial charge in [0.1, 0.15) is 0 Å². The molecule has 1 aliphatic carbocycles. The Kier molecular flexibility index (Phi) is 7.57. The lowest BCUT2D eigenvalue weighted by Gasteiger charge is -2.18. The average molecular weight is 530 g/mol. The number of nitrogens with one attached hydrogen (secondary N) is 2. The largest absolute Gasteiger partial charge is 0.366 e. The second kappa shape index (κ2) is 11.4. The molecule has 0 aliphatic heterocycles. The van der Waals surface area contributed by atoms with Gasteiger partial charge in [0.25, 0.3) is 5.91 Å². The van der Waals surface area contributed by atoms with Crippen molar-refractivity contribution in [3.05, 3.63) is 76.7 Å². The standard InChI is InChI=1S/C28H31N7O4/c1-34(17-18-8-3-2-4-9-18)28(38)30-14-7-15-35-23-13-12-19(25(29)36)16-22(23)31-27(35)32-26(37)24-20-10-5-6-11-21(20)33-39-24/h2-4,8-9,12-13,16H,5-7,10-11,14-15,17H2,1H3,(H2,29,36)(H,30,38)(H,31,32,37). The topological polar surface area (TPSA) is 148 Å². The highest BCUT2D eigenvalue weighted by Gasteiger charge is 2.26. The number of carbonyl (C=O) groups is 3. The molecule has 5 rings (SSSR count). The van der Waals surface area contributed by atoms with Crippen molar-refractivity contribution in [1.82, 2.24) is 24.9 Å². The van der Waals surface area contributed by atoms with Crippen LogP contribution in [0, 0.1) is 0 Å². The van der Waals surface area contributed by atoms with Gasteiger partial charge < -0.3 is 25.0 Å². The van der Waals surface area contributed by atoms with Crippen LogP contribution in [0.25, 0.3) is 11.0 Å². The first-order valence-corrected chi connectivity index (χ1v) is 13.0. The molecule has 2 aromatic heterocycles. The summed E-state index contributed by atoms with van der Waals surface area (Å²) < 4.78 is 7.24. The first-order chi connectivity index (χ1) is 18.9. The molecular formula is C28H31N7O4. The average Bonchev–Trinajstić information content (AvgIpc) is 3.52. The van der Waals surface area contributed by atoms with E-state index in [0.29, 0.717) is 43.1 Å². The van der Waals surface area contributed by atoms with Crippen LogP contribution in [0.1, 0.15) is 57.0 Å². The molecule has 2 heterocycles. The summed E-state index contributed by atoms with van der Waals surface area (Å²) >= 11 is 0. The second-order valence-electron chi connectivity index (χ2n) is 9.68.